The Morgan fingerprint density at radius 2 is 2.12 bits per heavy atom. The van der Waals surface area contributed by atoms with E-state index >= 15 is 0 Å². The number of fused-ring (bicyclic) bond motifs is 1. The molecule has 0 aromatic carbocycles. The lowest BCUT2D eigenvalue weighted by atomic mass is 10.0. The number of aliphatic carboxylic acids is 1. The number of anilines is 1. The normalized spacial score (nSPS) is 14.6. The van der Waals surface area contributed by atoms with Gasteiger partial charge in [0.25, 0.3) is 5.91 Å². The van der Waals surface area contributed by atoms with Gasteiger partial charge in [-0.3, -0.25) is 9.78 Å². The molecular weight excluding hydrogens is 427 g/mol. The monoisotopic (exact) mass is 458 g/mol. The summed E-state index contributed by atoms with van der Waals surface area (Å²) in [5.74, 6) is -1.48. The van der Waals surface area contributed by atoms with Crippen LogP contribution in [0, 0.1) is 18.7 Å². The van der Waals surface area contributed by atoms with E-state index < -0.39 is 23.7 Å². The Bertz CT molecular complexity index is 965. The summed E-state index contributed by atoms with van der Waals surface area (Å²) in [6.45, 7) is 5.16. The summed E-state index contributed by atoms with van der Waals surface area (Å²) in [5.41, 5.74) is 2.26. The first-order valence-electron chi connectivity index (χ1n) is 11.3. The van der Waals surface area contributed by atoms with Crippen LogP contribution in [0.3, 0.4) is 0 Å². The summed E-state index contributed by atoms with van der Waals surface area (Å²) >= 11 is 0. The minimum atomic E-state index is -1.20. The van der Waals surface area contributed by atoms with Crippen LogP contribution < -0.4 is 10.6 Å². The van der Waals surface area contributed by atoms with Gasteiger partial charge in [0.2, 0.25) is 0 Å². The molecule has 8 nitrogen and oxygen atoms in total. The number of carbonyl (C=O) groups excluding carboxylic acids is 1. The number of nitrogens with zero attached hydrogens (tertiary/aromatic N) is 2. The summed E-state index contributed by atoms with van der Waals surface area (Å²) in [4.78, 5) is 32.5. The molecule has 0 radical (unpaired) electrons. The van der Waals surface area contributed by atoms with Crippen LogP contribution in [-0.2, 0) is 22.4 Å². The van der Waals surface area contributed by atoms with Crippen LogP contribution in [0.15, 0.2) is 24.4 Å². The van der Waals surface area contributed by atoms with Crippen LogP contribution in [0.1, 0.15) is 53.5 Å². The summed E-state index contributed by atoms with van der Waals surface area (Å²) in [5, 5.41) is 15.1. The first-order valence-corrected chi connectivity index (χ1v) is 11.3. The Hall–Kier alpha value is -3.07. The Kier molecular flexibility index (Phi) is 8.71. The third-order valence-corrected chi connectivity index (χ3v) is 5.72. The van der Waals surface area contributed by atoms with E-state index in [0.717, 1.165) is 49.8 Å². The van der Waals surface area contributed by atoms with Crippen LogP contribution in [0.5, 0.6) is 0 Å². The minimum Gasteiger partial charge on any atom is -0.480 e. The fourth-order valence-corrected chi connectivity index (χ4v) is 3.77. The second-order valence-electron chi connectivity index (χ2n) is 8.47. The SMILES string of the molecule is Cc1nccc(F)c1C(=O)N[C@@H](CCOCC(C)CCc1ccc2c(n1)NCCC2)C(=O)O. The molecule has 3 heterocycles. The maximum atomic E-state index is 13.9. The van der Waals surface area contributed by atoms with E-state index in [0.29, 0.717) is 6.61 Å². The van der Waals surface area contributed by atoms with Crippen LogP contribution in [0.25, 0.3) is 0 Å². The van der Waals surface area contributed by atoms with Gasteiger partial charge in [0.05, 0.1) is 11.3 Å². The molecule has 2 aromatic heterocycles. The Morgan fingerprint density at radius 3 is 2.88 bits per heavy atom. The number of aromatic nitrogens is 2. The highest BCUT2D eigenvalue weighted by molar-refractivity contribution is 5.97. The highest BCUT2D eigenvalue weighted by Crippen LogP contribution is 2.21. The molecule has 178 valence electrons. The molecule has 0 saturated carbocycles. The zero-order chi connectivity index (χ0) is 23.8. The van der Waals surface area contributed by atoms with Crippen molar-refractivity contribution in [2.75, 3.05) is 25.1 Å². The molecule has 1 aliphatic rings. The van der Waals surface area contributed by atoms with Gasteiger partial charge in [0.15, 0.2) is 0 Å². The van der Waals surface area contributed by atoms with E-state index in [-0.39, 0.29) is 30.2 Å². The summed E-state index contributed by atoms with van der Waals surface area (Å²) in [7, 11) is 0. The molecule has 0 spiro atoms. The third kappa shape index (κ3) is 6.95. The van der Waals surface area contributed by atoms with Crippen molar-refractivity contribution < 1.29 is 23.8 Å². The Morgan fingerprint density at radius 1 is 1.30 bits per heavy atom. The first kappa shape index (κ1) is 24.6. The highest BCUT2D eigenvalue weighted by atomic mass is 19.1. The maximum Gasteiger partial charge on any atom is 0.326 e. The van der Waals surface area contributed by atoms with Crippen molar-refractivity contribution in [3.8, 4) is 0 Å². The predicted molar refractivity (Wildman–Crippen MR) is 122 cm³/mol. The van der Waals surface area contributed by atoms with Gasteiger partial charge >= 0.3 is 5.97 Å². The first-order chi connectivity index (χ1) is 15.8. The van der Waals surface area contributed by atoms with E-state index in [4.69, 9.17) is 9.72 Å². The molecule has 1 aliphatic heterocycles. The zero-order valence-corrected chi connectivity index (χ0v) is 19.1. The average molecular weight is 459 g/mol. The number of aryl methyl sites for hydroxylation is 3. The number of amides is 1. The van der Waals surface area contributed by atoms with E-state index in [9.17, 15) is 19.1 Å². The molecule has 1 unspecified atom stereocenters. The predicted octanol–water partition coefficient (Wildman–Crippen LogP) is 3.14. The van der Waals surface area contributed by atoms with Crippen molar-refractivity contribution in [3.05, 3.63) is 52.7 Å². The minimum absolute atomic E-state index is 0.0762. The molecule has 0 bridgehead atoms. The van der Waals surface area contributed by atoms with Gasteiger partial charge in [0, 0.05) is 38.1 Å². The van der Waals surface area contributed by atoms with Crippen LogP contribution >= 0.6 is 0 Å². The van der Waals surface area contributed by atoms with E-state index in [1.54, 1.807) is 0 Å². The van der Waals surface area contributed by atoms with Gasteiger partial charge in [-0.05, 0) is 56.2 Å². The number of carboxylic acids is 1. The number of carboxylic acid groups (broad SMARTS) is 1. The van der Waals surface area contributed by atoms with Gasteiger partial charge in [-0.1, -0.05) is 13.0 Å². The number of carbonyl (C=O) groups is 2. The molecule has 3 N–H and O–H groups in total. The topological polar surface area (TPSA) is 113 Å². The number of pyridine rings is 2. The fourth-order valence-electron chi connectivity index (χ4n) is 3.77. The Labute approximate surface area is 193 Å². The van der Waals surface area contributed by atoms with Gasteiger partial charge < -0.3 is 20.5 Å². The standard InChI is InChI=1S/C24H31FN4O4/c1-15(5-7-18-8-6-17-4-3-11-27-22(17)28-18)14-33-13-10-20(24(31)32)29-23(30)21-16(2)26-12-9-19(21)25/h6,8-9,12,15,20H,3-5,7,10-11,13-14H2,1-2H3,(H,27,28)(H,29,30)(H,31,32)/t15?,20-/m0/s1. The lowest BCUT2D eigenvalue weighted by Gasteiger charge is -2.18. The lowest BCUT2D eigenvalue weighted by Crippen LogP contribution is -2.42. The van der Waals surface area contributed by atoms with Gasteiger partial charge in [-0.15, -0.1) is 0 Å². The molecule has 1 amide bonds. The lowest BCUT2D eigenvalue weighted by molar-refractivity contribution is -0.139. The zero-order valence-electron chi connectivity index (χ0n) is 19.1. The molecule has 0 saturated heterocycles. The maximum absolute atomic E-state index is 13.9. The van der Waals surface area contributed by atoms with Crippen molar-refractivity contribution in [1.82, 2.24) is 15.3 Å². The van der Waals surface area contributed by atoms with Gasteiger partial charge in [-0.25, -0.2) is 14.2 Å². The van der Waals surface area contributed by atoms with Gasteiger partial charge in [0.1, 0.15) is 17.7 Å². The van der Waals surface area contributed by atoms with Crippen molar-refractivity contribution in [1.29, 1.82) is 0 Å². The molecular formula is C24H31FN4O4. The quantitative estimate of drug-likeness (QED) is 0.443. The summed E-state index contributed by atoms with van der Waals surface area (Å²) in [6, 6.07) is 4.11. The van der Waals surface area contributed by atoms with E-state index in [1.165, 1.54) is 18.7 Å². The largest absolute Gasteiger partial charge is 0.480 e. The number of ether oxygens (including phenoxy) is 1. The molecule has 0 aliphatic carbocycles. The van der Waals surface area contributed by atoms with Crippen molar-refractivity contribution in [2.45, 2.75) is 52.0 Å². The number of halogens is 1. The summed E-state index contributed by atoms with van der Waals surface area (Å²) < 4.78 is 19.6. The number of hydrogen-bond acceptors (Lipinski definition) is 6. The van der Waals surface area contributed by atoms with Crippen LogP contribution in [0.2, 0.25) is 0 Å². The van der Waals surface area contributed by atoms with Crippen molar-refractivity contribution in [2.24, 2.45) is 5.92 Å². The molecule has 2 aromatic rings. The smallest absolute Gasteiger partial charge is 0.326 e. The summed E-state index contributed by atoms with van der Waals surface area (Å²) in [6.07, 6.45) is 5.26. The molecule has 33 heavy (non-hydrogen) atoms. The number of hydrogen-bond donors (Lipinski definition) is 3. The number of nitrogens with one attached hydrogen (secondary N) is 2. The molecule has 3 rings (SSSR count). The number of rotatable bonds is 11. The van der Waals surface area contributed by atoms with Crippen LogP contribution in [0.4, 0.5) is 10.2 Å². The average Bonchev–Trinajstić information content (AvgIpc) is 2.79. The fraction of sp³-hybridized carbons (Fsp3) is 0.500. The van der Waals surface area contributed by atoms with Crippen LogP contribution in [-0.4, -0.2) is 52.8 Å². The van der Waals surface area contributed by atoms with Crippen molar-refractivity contribution in [3.63, 3.8) is 0 Å². The Balaban J connectivity index is 1.40. The highest BCUT2D eigenvalue weighted by Gasteiger charge is 2.24. The van der Waals surface area contributed by atoms with E-state index in [2.05, 4.69) is 34.7 Å². The third-order valence-electron chi connectivity index (χ3n) is 5.72. The molecule has 2 atom stereocenters. The second-order valence-corrected chi connectivity index (χ2v) is 8.47. The van der Waals surface area contributed by atoms with E-state index in [1.807, 2.05) is 0 Å². The van der Waals surface area contributed by atoms with Crippen molar-refractivity contribution >= 4 is 17.7 Å². The van der Waals surface area contributed by atoms with Gasteiger partial charge in [-0.2, -0.15) is 0 Å². The molecule has 9 heteroatoms. The molecule has 0 fully saturated rings. The second kappa shape index (κ2) is 11.7.